The van der Waals surface area contributed by atoms with Gasteiger partial charge in [-0.2, -0.15) is 12.6 Å². The molecule has 0 aliphatic rings. The molecular formula is C11H24S. The van der Waals surface area contributed by atoms with E-state index in [4.69, 9.17) is 0 Å². The van der Waals surface area contributed by atoms with Crippen molar-refractivity contribution in [3.8, 4) is 0 Å². The fourth-order valence-corrected chi connectivity index (χ4v) is 1.62. The lowest BCUT2D eigenvalue weighted by Crippen LogP contribution is -2.37. The first kappa shape index (κ1) is 12.3. The van der Waals surface area contributed by atoms with Crippen molar-refractivity contribution in [2.75, 3.05) is 0 Å². The molecule has 0 rings (SSSR count). The van der Waals surface area contributed by atoms with Gasteiger partial charge in [-0.3, -0.25) is 0 Å². The van der Waals surface area contributed by atoms with E-state index in [2.05, 4.69) is 61.1 Å². The fourth-order valence-electron chi connectivity index (χ4n) is 1.54. The van der Waals surface area contributed by atoms with Gasteiger partial charge >= 0.3 is 0 Å². The summed E-state index contributed by atoms with van der Waals surface area (Å²) in [7, 11) is 0. The van der Waals surface area contributed by atoms with E-state index in [1.807, 2.05) is 0 Å². The SMILES string of the molecule is CC(C)(C)CC(C)(C)C(C)(C)S. The maximum Gasteiger partial charge on any atom is 0.0124 e. The van der Waals surface area contributed by atoms with E-state index >= 15 is 0 Å². The van der Waals surface area contributed by atoms with E-state index in [1.165, 1.54) is 6.42 Å². The molecule has 0 fully saturated rings. The van der Waals surface area contributed by atoms with Crippen LogP contribution >= 0.6 is 12.6 Å². The highest BCUT2D eigenvalue weighted by atomic mass is 32.1. The molecule has 0 aliphatic carbocycles. The third-order valence-corrected chi connectivity index (χ3v) is 3.23. The third kappa shape index (κ3) is 3.84. The van der Waals surface area contributed by atoms with Crippen LogP contribution in [0.3, 0.4) is 0 Å². The highest BCUT2D eigenvalue weighted by molar-refractivity contribution is 7.81. The second-order valence-electron chi connectivity index (χ2n) is 6.18. The monoisotopic (exact) mass is 188 g/mol. The first-order valence-electron chi connectivity index (χ1n) is 4.68. The first-order valence-corrected chi connectivity index (χ1v) is 5.13. The van der Waals surface area contributed by atoms with Gasteiger partial charge in [0.25, 0.3) is 0 Å². The molecule has 0 heterocycles. The van der Waals surface area contributed by atoms with E-state index in [0.29, 0.717) is 5.41 Å². The molecule has 0 saturated heterocycles. The van der Waals surface area contributed by atoms with Crippen LogP contribution < -0.4 is 0 Å². The number of hydrogen-bond acceptors (Lipinski definition) is 1. The Hall–Kier alpha value is 0.350. The summed E-state index contributed by atoms with van der Waals surface area (Å²) in [6, 6.07) is 0. The highest BCUT2D eigenvalue weighted by Crippen LogP contribution is 2.44. The van der Waals surface area contributed by atoms with Crippen molar-refractivity contribution in [1.82, 2.24) is 0 Å². The van der Waals surface area contributed by atoms with Crippen molar-refractivity contribution in [3.63, 3.8) is 0 Å². The lowest BCUT2D eigenvalue weighted by molar-refractivity contribution is 0.173. The molecule has 12 heavy (non-hydrogen) atoms. The predicted molar refractivity (Wildman–Crippen MR) is 60.9 cm³/mol. The Balaban J connectivity index is 4.44. The minimum atomic E-state index is 0.0975. The van der Waals surface area contributed by atoms with Crippen molar-refractivity contribution < 1.29 is 0 Å². The minimum Gasteiger partial charge on any atom is -0.173 e. The quantitative estimate of drug-likeness (QED) is 0.618. The number of thiol groups is 1. The highest BCUT2D eigenvalue weighted by Gasteiger charge is 2.36. The molecular weight excluding hydrogens is 164 g/mol. The summed E-state index contributed by atoms with van der Waals surface area (Å²) in [5, 5.41) is 0. The van der Waals surface area contributed by atoms with Crippen LogP contribution in [0.2, 0.25) is 0 Å². The Kier molecular flexibility index (Phi) is 3.34. The molecule has 0 atom stereocenters. The molecule has 0 bridgehead atoms. The first-order chi connectivity index (χ1) is 4.96. The van der Waals surface area contributed by atoms with Crippen LogP contribution in [0.15, 0.2) is 0 Å². The van der Waals surface area contributed by atoms with Gasteiger partial charge in [-0.1, -0.05) is 48.5 Å². The fraction of sp³-hybridized carbons (Fsp3) is 1.00. The van der Waals surface area contributed by atoms with Crippen molar-refractivity contribution in [2.45, 2.75) is 59.6 Å². The third-order valence-electron chi connectivity index (χ3n) is 2.63. The van der Waals surface area contributed by atoms with E-state index in [9.17, 15) is 0 Å². The lowest BCUT2D eigenvalue weighted by Gasteiger charge is -2.42. The smallest absolute Gasteiger partial charge is 0.0124 e. The van der Waals surface area contributed by atoms with Crippen molar-refractivity contribution in [2.24, 2.45) is 10.8 Å². The topological polar surface area (TPSA) is 0 Å². The molecule has 0 radical (unpaired) electrons. The van der Waals surface area contributed by atoms with Gasteiger partial charge in [0.05, 0.1) is 0 Å². The van der Waals surface area contributed by atoms with Crippen molar-refractivity contribution in [3.05, 3.63) is 0 Å². The van der Waals surface area contributed by atoms with Gasteiger partial charge < -0.3 is 0 Å². The zero-order valence-electron chi connectivity index (χ0n) is 9.65. The summed E-state index contributed by atoms with van der Waals surface area (Å²) in [4.78, 5) is 0. The Morgan fingerprint density at radius 2 is 1.17 bits per heavy atom. The van der Waals surface area contributed by atoms with Crippen LogP contribution in [0.4, 0.5) is 0 Å². The van der Waals surface area contributed by atoms with Crippen LogP contribution in [0, 0.1) is 10.8 Å². The molecule has 0 spiro atoms. The summed E-state index contributed by atoms with van der Waals surface area (Å²) in [6.07, 6.45) is 1.20. The van der Waals surface area contributed by atoms with Crippen LogP contribution in [-0.2, 0) is 0 Å². The van der Waals surface area contributed by atoms with Crippen LogP contribution in [-0.4, -0.2) is 4.75 Å². The molecule has 0 aliphatic heterocycles. The van der Waals surface area contributed by atoms with E-state index in [1.54, 1.807) is 0 Å². The van der Waals surface area contributed by atoms with Gasteiger partial charge in [0.2, 0.25) is 0 Å². The minimum absolute atomic E-state index is 0.0975. The molecule has 0 amide bonds. The van der Waals surface area contributed by atoms with Crippen molar-refractivity contribution in [1.29, 1.82) is 0 Å². The van der Waals surface area contributed by atoms with E-state index in [-0.39, 0.29) is 10.2 Å². The van der Waals surface area contributed by atoms with Crippen molar-refractivity contribution >= 4 is 12.6 Å². The van der Waals surface area contributed by atoms with Gasteiger partial charge in [-0.15, -0.1) is 0 Å². The number of hydrogen-bond donors (Lipinski definition) is 1. The maximum absolute atomic E-state index is 4.65. The number of rotatable bonds is 2. The summed E-state index contributed by atoms with van der Waals surface area (Å²) in [5.41, 5.74) is 0.678. The second kappa shape index (κ2) is 3.25. The summed E-state index contributed by atoms with van der Waals surface area (Å²) in [6.45, 7) is 15.8. The zero-order valence-corrected chi connectivity index (χ0v) is 10.5. The molecule has 1 heteroatoms. The standard InChI is InChI=1S/C11H24S/c1-9(2,3)8-10(4,5)11(6,7)12/h12H,8H2,1-7H3. The largest absolute Gasteiger partial charge is 0.173 e. The second-order valence-corrected chi connectivity index (χ2v) is 7.30. The molecule has 0 aromatic rings. The molecule has 0 N–H and O–H groups in total. The average Bonchev–Trinajstić information content (AvgIpc) is 1.52. The van der Waals surface area contributed by atoms with Gasteiger partial charge in [-0.05, 0) is 17.3 Å². The lowest BCUT2D eigenvalue weighted by atomic mass is 9.69. The van der Waals surface area contributed by atoms with Gasteiger partial charge in [0, 0.05) is 4.75 Å². The van der Waals surface area contributed by atoms with Gasteiger partial charge in [0.1, 0.15) is 0 Å². The maximum atomic E-state index is 4.65. The summed E-state index contributed by atoms with van der Waals surface area (Å²) < 4.78 is 0.0975. The molecule has 0 aromatic carbocycles. The Labute approximate surface area is 83.5 Å². The Morgan fingerprint density at radius 1 is 0.833 bits per heavy atom. The van der Waals surface area contributed by atoms with E-state index < -0.39 is 0 Å². The average molecular weight is 188 g/mol. The van der Waals surface area contributed by atoms with Gasteiger partial charge in [-0.25, -0.2) is 0 Å². The molecule has 0 saturated carbocycles. The van der Waals surface area contributed by atoms with Crippen LogP contribution in [0.1, 0.15) is 54.9 Å². The summed E-state index contributed by atoms with van der Waals surface area (Å²) >= 11 is 4.65. The Morgan fingerprint density at radius 3 is 1.25 bits per heavy atom. The van der Waals surface area contributed by atoms with E-state index in [0.717, 1.165) is 0 Å². The summed E-state index contributed by atoms with van der Waals surface area (Å²) in [5.74, 6) is 0. The predicted octanol–water partition coefficient (Wildman–Crippen LogP) is 4.16. The molecule has 0 aromatic heterocycles. The molecule has 74 valence electrons. The Bertz CT molecular complexity index is 143. The van der Waals surface area contributed by atoms with Gasteiger partial charge in [0.15, 0.2) is 0 Å². The normalized spacial score (nSPS) is 15.0. The molecule has 0 nitrogen and oxygen atoms in total. The zero-order chi connectivity index (χ0) is 10.2. The van der Waals surface area contributed by atoms with Crippen LogP contribution in [0.25, 0.3) is 0 Å². The molecule has 0 unspecified atom stereocenters. The van der Waals surface area contributed by atoms with Crippen LogP contribution in [0.5, 0.6) is 0 Å².